The van der Waals surface area contributed by atoms with Gasteiger partial charge >= 0.3 is 0 Å². The van der Waals surface area contributed by atoms with Crippen LogP contribution < -0.4 is 9.47 Å². The molecular weight excluding hydrogens is 418 g/mol. The normalized spacial score (nSPS) is 10.7. The summed E-state index contributed by atoms with van der Waals surface area (Å²) in [4.78, 5) is 18.5. The summed E-state index contributed by atoms with van der Waals surface area (Å²) in [6.07, 6.45) is 0.948. The molecule has 3 rings (SSSR count). The lowest BCUT2D eigenvalue weighted by molar-refractivity contribution is -0.130. The first-order valence-corrected chi connectivity index (χ1v) is 10.6. The van der Waals surface area contributed by atoms with Gasteiger partial charge in [-0.15, -0.1) is 0 Å². The van der Waals surface area contributed by atoms with Gasteiger partial charge in [0.15, 0.2) is 11.5 Å². The summed E-state index contributed by atoms with van der Waals surface area (Å²) in [7, 11) is 1.72. The van der Waals surface area contributed by atoms with Crippen molar-refractivity contribution in [1.82, 2.24) is 15.0 Å². The molecule has 1 aromatic heterocycles. The Kier molecular flexibility index (Phi) is 7.89. The average Bonchev–Trinajstić information content (AvgIpc) is 3.22. The molecule has 7 nitrogen and oxygen atoms in total. The van der Waals surface area contributed by atoms with Gasteiger partial charge in [0.1, 0.15) is 0 Å². The second-order valence-corrected chi connectivity index (χ2v) is 7.35. The molecule has 0 aliphatic carbocycles. The van der Waals surface area contributed by atoms with Crippen molar-refractivity contribution in [1.29, 1.82) is 0 Å². The van der Waals surface area contributed by atoms with Crippen LogP contribution in [0, 0.1) is 0 Å². The molecular formula is C23H26ClN3O4. The number of rotatable bonds is 10. The molecule has 0 saturated heterocycles. The first kappa shape index (κ1) is 22.6. The van der Waals surface area contributed by atoms with E-state index in [1.54, 1.807) is 24.1 Å². The summed E-state index contributed by atoms with van der Waals surface area (Å²) in [5, 5.41) is 4.62. The smallest absolute Gasteiger partial charge is 0.246 e. The summed E-state index contributed by atoms with van der Waals surface area (Å²) in [5.41, 5.74) is 1.81. The molecule has 0 unspecified atom stereocenters. The Morgan fingerprint density at radius 1 is 1.06 bits per heavy atom. The van der Waals surface area contributed by atoms with Crippen LogP contribution in [0.5, 0.6) is 11.5 Å². The van der Waals surface area contributed by atoms with E-state index in [9.17, 15) is 4.79 Å². The molecule has 3 aromatic rings. The summed E-state index contributed by atoms with van der Waals surface area (Å²) in [6.45, 7) is 5.22. The van der Waals surface area contributed by atoms with Gasteiger partial charge in [0.25, 0.3) is 0 Å². The third kappa shape index (κ3) is 6.21. The van der Waals surface area contributed by atoms with Gasteiger partial charge in [-0.3, -0.25) is 4.79 Å². The van der Waals surface area contributed by atoms with E-state index in [-0.39, 0.29) is 12.5 Å². The van der Waals surface area contributed by atoms with Crippen LogP contribution in [0.2, 0.25) is 5.02 Å². The van der Waals surface area contributed by atoms with E-state index in [1.165, 1.54) is 0 Å². The highest BCUT2D eigenvalue weighted by molar-refractivity contribution is 6.30. The van der Waals surface area contributed by atoms with Crippen LogP contribution in [-0.2, 0) is 17.8 Å². The highest BCUT2D eigenvalue weighted by atomic mass is 35.5. The third-order valence-electron chi connectivity index (χ3n) is 4.60. The number of hydrogen-bond acceptors (Lipinski definition) is 6. The van der Waals surface area contributed by atoms with E-state index < -0.39 is 0 Å². The number of amides is 1. The number of benzene rings is 2. The second-order valence-electron chi connectivity index (χ2n) is 6.92. The van der Waals surface area contributed by atoms with Crippen LogP contribution in [-0.4, -0.2) is 41.2 Å². The molecule has 0 N–H and O–H groups in total. The largest absolute Gasteiger partial charge is 0.490 e. The highest BCUT2D eigenvalue weighted by Gasteiger charge is 2.15. The Morgan fingerprint density at radius 2 is 1.77 bits per heavy atom. The highest BCUT2D eigenvalue weighted by Crippen LogP contribution is 2.29. The Balaban J connectivity index is 1.56. The van der Waals surface area contributed by atoms with Crippen molar-refractivity contribution in [3.05, 3.63) is 58.9 Å². The van der Waals surface area contributed by atoms with Crippen molar-refractivity contribution in [2.45, 2.75) is 33.2 Å². The molecule has 0 aliphatic heterocycles. The Bertz CT molecular complexity index is 1000. The molecule has 31 heavy (non-hydrogen) atoms. The van der Waals surface area contributed by atoms with E-state index in [2.05, 4.69) is 10.1 Å². The van der Waals surface area contributed by atoms with Crippen molar-refractivity contribution in [2.75, 3.05) is 20.3 Å². The van der Waals surface area contributed by atoms with E-state index in [4.69, 9.17) is 25.6 Å². The van der Waals surface area contributed by atoms with Crippen molar-refractivity contribution < 1.29 is 18.8 Å². The minimum atomic E-state index is -0.0157. The number of halogens is 1. The SMILES string of the molecule is CCOc1ccc(CCC(=O)N(C)Cc2nc(-c3ccc(Cl)cc3)no2)cc1OCC. The predicted octanol–water partition coefficient (Wildman–Crippen LogP) is 4.78. The molecule has 1 amide bonds. The second kappa shape index (κ2) is 10.8. The van der Waals surface area contributed by atoms with Gasteiger partial charge in [0.05, 0.1) is 19.8 Å². The molecule has 0 spiro atoms. The first-order valence-electron chi connectivity index (χ1n) is 10.2. The first-order chi connectivity index (χ1) is 15.0. The number of hydrogen-bond donors (Lipinski definition) is 0. The Labute approximate surface area is 186 Å². The molecule has 2 aromatic carbocycles. The van der Waals surface area contributed by atoms with Gasteiger partial charge in [0, 0.05) is 24.1 Å². The number of nitrogens with zero attached hydrogens (tertiary/aromatic N) is 3. The van der Waals surface area contributed by atoms with E-state index in [1.807, 2.05) is 44.2 Å². The van der Waals surface area contributed by atoms with Crippen LogP contribution >= 0.6 is 11.6 Å². The average molecular weight is 444 g/mol. The topological polar surface area (TPSA) is 77.7 Å². The van der Waals surface area contributed by atoms with Gasteiger partial charge < -0.3 is 18.9 Å². The number of carbonyl (C=O) groups excluding carboxylic acids is 1. The van der Waals surface area contributed by atoms with E-state index in [0.29, 0.717) is 54.3 Å². The monoisotopic (exact) mass is 443 g/mol. The zero-order valence-electron chi connectivity index (χ0n) is 17.9. The maximum Gasteiger partial charge on any atom is 0.246 e. The lowest BCUT2D eigenvalue weighted by Crippen LogP contribution is -2.26. The number of aromatic nitrogens is 2. The van der Waals surface area contributed by atoms with E-state index >= 15 is 0 Å². The lowest BCUT2D eigenvalue weighted by atomic mass is 10.1. The zero-order chi connectivity index (χ0) is 22.2. The molecule has 0 bridgehead atoms. The summed E-state index contributed by atoms with van der Waals surface area (Å²) in [6, 6.07) is 12.9. The molecule has 8 heteroatoms. The van der Waals surface area contributed by atoms with Gasteiger partial charge in [-0.1, -0.05) is 22.8 Å². The molecule has 1 heterocycles. The van der Waals surface area contributed by atoms with Crippen molar-refractivity contribution in [2.24, 2.45) is 0 Å². The fourth-order valence-electron chi connectivity index (χ4n) is 3.02. The molecule has 0 aliphatic rings. The summed E-state index contributed by atoms with van der Waals surface area (Å²) < 4.78 is 16.5. The number of ether oxygens (including phenoxy) is 2. The summed E-state index contributed by atoms with van der Waals surface area (Å²) >= 11 is 5.91. The third-order valence-corrected chi connectivity index (χ3v) is 4.86. The molecule has 0 atom stereocenters. The fourth-order valence-corrected chi connectivity index (χ4v) is 3.15. The van der Waals surface area contributed by atoms with Crippen LogP contribution in [0.4, 0.5) is 0 Å². The molecule has 164 valence electrons. The van der Waals surface area contributed by atoms with Gasteiger partial charge in [-0.25, -0.2) is 0 Å². The van der Waals surface area contributed by atoms with Crippen molar-refractivity contribution >= 4 is 17.5 Å². The maximum atomic E-state index is 12.6. The number of carbonyl (C=O) groups is 1. The van der Waals surface area contributed by atoms with Gasteiger partial charge in [0.2, 0.25) is 17.6 Å². The van der Waals surface area contributed by atoms with Crippen LogP contribution in [0.15, 0.2) is 47.0 Å². The minimum absolute atomic E-state index is 0.0157. The Hall–Kier alpha value is -3.06. The summed E-state index contributed by atoms with van der Waals surface area (Å²) in [5.74, 6) is 2.23. The van der Waals surface area contributed by atoms with Crippen LogP contribution in [0.25, 0.3) is 11.4 Å². The van der Waals surface area contributed by atoms with Crippen LogP contribution in [0.1, 0.15) is 31.7 Å². The fraction of sp³-hybridized carbons (Fsp3) is 0.348. The predicted molar refractivity (Wildman–Crippen MR) is 118 cm³/mol. The van der Waals surface area contributed by atoms with Crippen molar-refractivity contribution in [3.63, 3.8) is 0 Å². The van der Waals surface area contributed by atoms with Crippen LogP contribution in [0.3, 0.4) is 0 Å². The number of aryl methyl sites for hydroxylation is 1. The molecule has 0 saturated carbocycles. The van der Waals surface area contributed by atoms with Gasteiger partial charge in [-0.2, -0.15) is 4.98 Å². The minimum Gasteiger partial charge on any atom is -0.490 e. The van der Waals surface area contributed by atoms with Gasteiger partial charge in [-0.05, 0) is 62.2 Å². The molecule has 0 radical (unpaired) electrons. The van der Waals surface area contributed by atoms with E-state index in [0.717, 1.165) is 11.1 Å². The standard InChI is InChI=1S/C23H26ClN3O4/c1-4-29-19-12-6-16(14-20(19)30-5-2)7-13-22(28)27(3)15-21-25-23(26-31-21)17-8-10-18(24)11-9-17/h6,8-12,14H,4-5,7,13,15H2,1-3H3. The van der Waals surface area contributed by atoms with Crippen molar-refractivity contribution in [3.8, 4) is 22.9 Å². The maximum absolute atomic E-state index is 12.6. The quantitative estimate of drug-likeness (QED) is 0.448. The zero-order valence-corrected chi connectivity index (χ0v) is 18.7. The Morgan fingerprint density at radius 3 is 2.48 bits per heavy atom. The molecule has 0 fully saturated rings. The lowest BCUT2D eigenvalue weighted by Gasteiger charge is -2.15.